The molecular formula is C17H15NO7S. The normalized spacial score (nSPS) is 12.2. The van der Waals surface area contributed by atoms with E-state index in [-0.39, 0.29) is 22.8 Å². The quantitative estimate of drug-likeness (QED) is 0.314. The Morgan fingerprint density at radius 1 is 1.08 bits per heavy atom. The number of nitro benzene ring substituents is 1. The number of benzene rings is 2. The van der Waals surface area contributed by atoms with Crippen molar-refractivity contribution < 1.29 is 27.7 Å². The van der Waals surface area contributed by atoms with Crippen molar-refractivity contribution in [2.45, 2.75) is 17.1 Å². The predicted molar refractivity (Wildman–Crippen MR) is 91.1 cm³/mol. The van der Waals surface area contributed by atoms with E-state index in [9.17, 15) is 28.1 Å². The zero-order chi connectivity index (χ0) is 19.3. The van der Waals surface area contributed by atoms with Gasteiger partial charge in [-0.1, -0.05) is 30.3 Å². The number of nitrogens with zero attached hydrogens (tertiary/aromatic N) is 1. The molecule has 8 nitrogen and oxygen atoms in total. The minimum Gasteiger partial charge on any atom is -0.460 e. The lowest BCUT2D eigenvalue weighted by atomic mass is 10.1. The van der Waals surface area contributed by atoms with Crippen molar-refractivity contribution in [1.29, 1.82) is 0 Å². The molecule has 0 spiro atoms. The van der Waals surface area contributed by atoms with E-state index in [0.717, 1.165) is 24.3 Å². The van der Waals surface area contributed by atoms with Gasteiger partial charge in [0.05, 0.1) is 16.4 Å². The van der Waals surface area contributed by atoms with E-state index < -0.39 is 31.8 Å². The van der Waals surface area contributed by atoms with Crippen LogP contribution in [0.3, 0.4) is 0 Å². The van der Waals surface area contributed by atoms with Crippen LogP contribution in [0, 0.1) is 10.1 Å². The lowest BCUT2D eigenvalue weighted by Crippen LogP contribution is -2.30. The van der Waals surface area contributed by atoms with Crippen LogP contribution < -0.4 is 0 Å². The van der Waals surface area contributed by atoms with E-state index in [2.05, 4.69) is 4.74 Å². The van der Waals surface area contributed by atoms with Crippen molar-refractivity contribution in [3.63, 3.8) is 0 Å². The average molecular weight is 377 g/mol. The maximum Gasteiger partial charge on any atom is 0.376 e. The highest BCUT2D eigenvalue weighted by Crippen LogP contribution is 2.31. The van der Waals surface area contributed by atoms with Gasteiger partial charge in [-0.25, -0.2) is 13.2 Å². The SMILES string of the molecule is CCOC(=O)C(=O)C(c1ccccc1)S(=O)(=O)c1ccc([N+](=O)[O-])cc1. The molecule has 0 bridgehead atoms. The number of esters is 1. The number of carbonyl (C=O) groups is 2. The molecule has 0 heterocycles. The van der Waals surface area contributed by atoms with Crippen LogP contribution in [0.1, 0.15) is 17.7 Å². The van der Waals surface area contributed by atoms with Gasteiger partial charge in [0, 0.05) is 12.1 Å². The molecule has 2 aromatic carbocycles. The van der Waals surface area contributed by atoms with E-state index in [4.69, 9.17) is 0 Å². The molecule has 1 unspecified atom stereocenters. The van der Waals surface area contributed by atoms with Gasteiger partial charge in [0.1, 0.15) is 0 Å². The van der Waals surface area contributed by atoms with Crippen LogP contribution in [0.4, 0.5) is 5.69 Å². The molecule has 0 radical (unpaired) electrons. The number of Topliss-reactive ketones (excluding diaryl/α,β-unsaturated/α-hetero) is 1. The molecule has 26 heavy (non-hydrogen) atoms. The summed E-state index contributed by atoms with van der Waals surface area (Å²) < 4.78 is 30.6. The third kappa shape index (κ3) is 3.94. The Morgan fingerprint density at radius 3 is 2.15 bits per heavy atom. The summed E-state index contributed by atoms with van der Waals surface area (Å²) in [4.78, 5) is 34.1. The first-order valence-corrected chi connectivity index (χ1v) is 9.08. The van der Waals surface area contributed by atoms with Crippen LogP contribution >= 0.6 is 0 Å². The highest BCUT2D eigenvalue weighted by Gasteiger charge is 2.39. The zero-order valence-electron chi connectivity index (χ0n) is 13.7. The van der Waals surface area contributed by atoms with Gasteiger partial charge in [-0.15, -0.1) is 0 Å². The molecule has 0 aliphatic rings. The number of ketones is 1. The van der Waals surface area contributed by atoms with Gasteiger partial charge in [0.25, 0.3) is 11.5 Å². The molecule has 2 aromatic rings. The predicted octanol–water partition coefficient (Wildman–Crippen LogP) is 2.24. The van der Waals surface area contributed by atoms with Crippen LogP contribution in [-0.2, 0) is 24.2 Å². The Hall–Kier alpha value is -3.07. The Labute approximate surface area is 149 Å². The number of hydrogen-bond donors (Lipinski definition) is 0. The summed E-state index contributed by atoms with van der Waals surface area (Å²) in [7, 11) is -4.33. The summed E-state index contributed by atoms with van der Waals surface area (Å²) in [5.41, 5.74) is -0.194. The second-order valence-electron chi connectivity index (χ2n) is 5.17. The van der Waals surface area contributed by atoms with Gasteiger partial charge in [-0.2, -0.15) is 0 Å². The van der Waals surface area contributed by atoms with Crippen molar-refractivity contribution in [2.24, 2.45) is 0 Å². The summed E-state index contributed by atoms with van der Waals surface area (Å²) in [6.45, 7) is 1.41. The molecule has 0 aliphatic heterocycles. The minimum atomic E-state index is -4.33. The standard InChI is InChI=1S/C17H15NO7S/c1-2-25-17(20)15(19)16(12-6-4-3-5-7-12)26(23,24)14-10-8-13(9-11-14)18(21)22/h3-11,16H,2H2,1H3. The number of hydrogen-bond acceptors (Lipinski definition) is 7. The lowest BCUT2D eigenvalue weighted by Gasteiger charge is -2.16. The zero-order valence-corrected chi connectivity index (χ0v) is 14.5. The molecule has 9 heteroatoms. The van der Waals surface area contributed by atoms with Crippen LogP contribution in [0.2, 0.25) is 0 Å². The third-order valence-corrected chi connectivity index (χ3v) is 5.54. The van der Waals surface area contributed by atoms with E-state index in [1.165, 1.54) is 31.2 Å². The van der Waals surface area contributed by atoms with Crippen molar-refractivity contribution in [1.82, 2.24) is 0 Å². The number of carbonyl (C=O) groups excluding carboxylic acids is 2. The Kier molecular flexibility index (Phi) is 5.83. The Bertz CT molecular complexity index is 921. The summed E-state index contributed by atoms with van der Waals surface area (Å²) in [5.74, 6) is -2.48. The molecule has 0 saturated carbocycles. The first-order chi connectivity index (χ1) is 12.3. The molecule has 0 aliphatic carbocycles. The van der Waals surface area contributed by atoms with Gasteiger partial charge in [-0.3, -0.25) is 14.9 Å². The minimum absolute atomic E-state index is 0.0797. The second-order valence-corrected chi connectivity index (χ2v) is 7.20. The van der Waals surface area contributed by atoms with Gasteiger partial charge < -0.3 is 4.74 Å². The summed E-state index contributed by atoms with van der Waals surface area (Å²) in [6, 6.07) is 11.6. The van der Waals surface area contributed by atoms with Gasteiger partial charge in [0.2, 0.25) is 0 Å². The van der Waals surface area contributed by atoms with E-state index in [0.29, 0.717) is 0 Å². The molecule has 0 saturated heterocycles. The number of non-ortho nitro benzene ring substituents is 1. The molecule has 1 atom stereocenters. The van der Waals surface area contributed by atoms with Crippen LogP contribution in [-0.4, -0.2) is 31.7 Å². The third-order valence-electron chi connectivity index (χ3n) is 3.50. The van der Waals surface area contributed by atoms with Gasteiger partial charge in [0.15, 0.2) is 15.1 Å². The van der Waals surface area contributed by atoms with Crippen molar-refractivity contribution in [3.05, 3.63) is 70.3 Å². The first kappa shape index (κ1) is 19.3. The van der Waals surface area contributed by atoms with Crippen molar-refractivity contribution >= 4 is 27.3 Å². The largest absolute Gasteiger partial charge is 0.460 e. The topological polar surface area (TPSA) is 121 Å². The molecule has 2 rings (SSSR count). The fraction of sp³-hybridized carbons (Fsp3) is 0.176. The second kappa shape index (κ2) is 7.87. The number of rotatable bonds is 7. The molecule has 0 N–H and O–H groups in total. The fourth-order valence-corrected chi connectivity index (χ4v) is 3.98. The van der Waals surface area contributed by atoms with Crippen molar-refractivity contribution in [2.75, 3.05) is 6.61 Å². The summed E-state index contributed by atoms with van der Waals surface area (Å²) in [6.07, 6.45) is 0. The average Bonchev–Trinajstić information content (AvgIpc) is 2.62. The molecule has 136 valence electrons. The highest BCUT2D eigenvalue weighted by molar-refractivity contribution is 7.92. The van der Waals surface area contributed by atoms with Crippen LogP contribution in [0.15, 0.2) is 59.5 Å². The van der Waals surface area contributed by atoms with Gasteiger partial charge in [-0.05, 0) is 24.6 Å². The van der Waals surface area contributed by atoms with E-state index in [1.54, 1.807) is 6.07 Å². The van der Waals surface area contributed by atoms with Crippen LogP contribution in [0.5, 0.6) is 0 Å². The molecule has 0 fully saturated rings. The monoisotopic (exact) mass is 377 g/mol. The lowest BCUT2D eigenvalue weighted by molar-refractivity contribution is -0.384. The van der Waals surface area contributed by atoms with E-state index >= 15 is 0 Å². The Balaban J connectivity index is 2.54. The van der Waals surface area contributed by atoms with Crippen molar-refractivity contribution in [3.8, 4) is 0 Å². The molecule has 0 aromatic heterocycles. The first-order valence-electron chi connectivity index (χ1n) is 7.53. The number of ether oxygens (including phenoxy) is 1. The highest BCUT2D eigenvalue weighted by atomic mass is 32.2. The van der Waals surface area contributed by atoms with E-state index in [1.807, 2.05) is 0 Å². The number of nitro groups is 1. The van der Waals surface area contributed by atoms with Crippen LogP contribution in [0.25, 0.3) is 0 Å². The maximum absolute atomic E-state index is 13.0. The molecule has 0 amide bonds. The number of sulfone groups is 1. The summed E-state index contributed by atoms with van der Waals surface area (Å²) >= 11 is 0. The smallest absolute Gasteiger partial charge is 0.376 e. The fourth-order valence-electron chi connectivity index (χ4n) is 2.30. The Morgan fingerprint density at radius 2 is 1.65 bits per heavy atom. The van der Waals surface area contributed by atoms with Gasteiger partial charge >= 0.3 is 5.97 Å². The molecular weight excluding hydrogens is 362 g/mol. The maximum atomic E-state index is 13.0. The summed E-state index contributed by atoms with van der Waals surface area (Å²) in [5, 5.41) is 8.93.